The number of rotatable bonds is 5. The third-order valence-corrected chi connectivity index (χ3v) is 4.60. The van der Waals surface area contributed by atoms with Crippen LogP contribution in [0.3, 0.4) is 0 Å². The molecule has 1 heterocycles. The fourth-order valence-electron chi connectivity index (χ4n) is 2.84. The summed E-state index contributed by atoms with van der Waals surface area (Å²) >= 11 is 0. The first-order valence-electron chi connectivity index (χ1n) is 8.91. The van der Waals surface area contributed by atoms with Crippen LogP contribution in [0.1, 0.15) is 41.8 Å². The number of nitrogens with one attached hydrogen (secondary N) is 1. The van der Waals surface area contributed by atoms with E-state index in [1.54, 1.807) is 17.0 Å². The molecule has 5 nitrogen and oxygen atoms in total. The van der Waals surface area contributed by atoms with Crippen LogP contribution in [0.25, 0.3) is 0 Å². The number of aryl methyl sites for hydroxylation is 1. The largest absolute Gasteiger partial charge is 0.482 e. The van der Waals surface area contributed by atoms with Gasteiger partial charge in [0.15, 0.2) is 6.61 Å². The highest BCUT2D eigenvalue weighted by Gasteiger charge is 2.25. The Bertz CT molecular complexity index is 815. The molecule has 26 heavy (non-hydrogen) atoms. The van der Waals surface area contributed by atoms with Crippen molar-refractivity contribution in [1.29, 1.82) is 0 Å². The Labute approximate surface area is 154 Å². The zero-order valence-corrected chi connectivity index (χ0v) is 15.4. The number of benzene rings is 2. The average molecular weight is 352 g/mol. The number of hydrogen-bond acceptors (Lipinski definition) is 3. The number of hydrogen-bond donors (Lipinski definition) is 1. The van der Waals surface area contributed by atoms with Crippen LogP contribution in [-0.4, -0.2) is 24.5 Å². The highest BCUT2D eigenvalue weighted by atomic mass is 16.5. The normalized spacial score (nSPS) is 14.4. The molecule has 0 spiro atoms. The fourth-order valence-corrected chi connectivity index (χ4v) is 2.84. The molecule has 2 aromatic rings. The number of ether oxygens (including phenoxy) is 1. The second-order valence-electron chi connectivity index (χ2n) is 6.72. The van der Waals surface area contributed by atoms with Gasteiger partial charge in [-0.05, 0) is 55.7 Å². The molecule has 0 unspecified atom stereocenters. The predicted octanol–water partition coefficient (Wildman–Crippen LogP) is 3.45. The number of fused-ring (bicyclic) bond motifs is 1. The van der Waals surface area contributed by atoms with Crippen molar-refractivity contribution in [2.75, 3.05) is 11.5 Å². The van der Waals surface area contributed by atoms with E-state index in [1.807, 2.05) is 51.1 Å². The van der Waals surface area contributed by atoms with E-state index in [0.717, 1.165) is 29.0 Å². The minimum Gasteiger partial charge on any atom is -0.482 e. The maximum Gasteiger partial charge on any atom is 0.265 e. The van der Waals surface area contributed by atoms with Crippen LogP contribution in [0.4, 0.5) is 5.69 Å². The topological polar surface area (TPSA) is 58.6 Å². The number of carbonyl (C=O) groups is 2. The molecule has 2 amide bonds. The SMILES string of the molecule is CC[C@H](C)NC(=O)c1ccc(CN2C(=O)COc3ccc(C)cc32)cc1. The third kappa shape index (κ3) is 3.87. The standard InChI is InChI=1S/C21H24N2O3/c1-4-15(3)22-21(25)17-8-6-16(7-9-17)12-23-18-11-14(2)5-10-19(18)26-13-20(23)24/h5-11,15H,4,12-13H2,1-3H3,(H,22,25)/t15-/m0/s1. The number of carbonyl (C=O) groups excluding carboxylic acids is 2. The Morgan fingerprint density at radius 2 is 1.96 bits per heavy atom. The minimum absolute atomic E-state index is 0.0471. The fraction of sp³-hybridized carbons (Fsp3) is 0.333. The van der Waals surface area contributed by atoms with Crippen LogP contribution in [0.5, 0.6) is 5.75 Å². The zero-order valence-electron chi connectivity index (χ0n) is 15.4. The smallest absolute Gasteiger partial charge is 0.265 e. The maximum absolute atomic E-state index is 12.3. The Morgan fingerprint density at radius 3 is 2.65 bits per heavy atom. The molecule has 1 atom stereocenters. The molecule has 1 aliphatic heterocycles. The molecular weight excluding hydrogens is 328 g/mol. The van der Waals surface area contributed by atoms with Gasteiger partial charge in [-0.3, -0.25) is 9.59 Å². The van der Waals surface area contributed by atoms with Crippen molar-refractivity contribution >= 4 is 17.5 Å². The van der Waals surface area contributed by atoms with Gasteiger partial charge < -0.3 is 15.0 Å². The van der Waals surface area contributed by atoms with Crippen LogP contribution < -0.4 is 15.0 Å². The van der Waals surface area contributed by atoms with Crippen molar-refractivity contribution in [2.24, 2.45) is 0 Å². The summed E-state index contributed by atoms with van der Waals surface area (Å²) in [7, 11) is 0. The van der Waals surface area contributed by atoms with Gasteiger partial charge in [0.1, 0.15) is 5.75 Å². The van der Waals surface area contributed by atoms with Crippen molar-refractivity contribution in [3.8, 4) is 5.75 Å². The van der Waals surface area contributed by atoms with Gasteiger partial charge in [0.05, 0.1) is 12.2 Å². The predicted molar refractivity (Wildman–Crippen MR) is 102 cm³/mol. The van der Waals surface area contributed by atoms with Crippen LogP contribution in [0.15, 0.2) is 42.5 Å². The van der Waals surface area contributed by atoms with E-state index in [0.29, 0.717) is 12.1 Å². The lowest BCUT2D eigenvalue weighted by Crippen LogP contribution is -2.38. The molecule has 5 heteroatoms. The van der Waals surface area contributed by atoms with Crippen LogP contribution in [0.2, 0.25) is 0 Å². The lowest BCUT2D eigenvalue weighted by atomic mass is 10.1. The van der Waals surface area contributed by atoms with Gasteiger partial charge in [-0.15, -0.1) is 0 Å². The van der Waals surface area contributed by atoms with Crippen molar-refractivity contribution in [2.45, 2.75) is 39.8 Å². The number of nitrogens with zero attached hydrogens (tertiary/aromatic N) is 1. The molecule has 1 N–H and O–H groups in total. The number of amides is 2. The van der Waals surface area contributed by atoms with Gasteiger partial charge in [0.2, 0.25) is 0 Å². The average Bonchev–Trinajstić information content (AvgIpc) is 2.64. The number of anilines is 1. The monoisotopic (exact) mass is 352 g/mol. The first kappa shape index (κ1) is 18.0. The van der Waals surface area contributed by atoms with Crippen molar-refractivity contribution in [3.05, 3.63) is 59.2 Å². The second-order valence-corrected chi connectivity index (χ2v) is 6.72. The van der Waals surface area contributed by atoms with Crippen molar-refractivity contribution < 1.29 is 14.3 Å². The van der Waals surface area contributed by atoms with E-state index < -0.39 is 0 Å². The maximum atomic E-state index is 12.3. The van der Waals surface area contributed by atoms with Crippen molar-refractivity contribution in [3.63, 3.8) is 0 Å². The minimum atomic E-state index is -0.0747. The highest BCUT2D eigenvalue weighted by Crippen LogP contribution is 2.33. The van der Waals surface area contributed by atoms with E-state index in [9.17, 15) is 9.59 Å². The summed E-state index contributed by atoms with van der Waals surface area (Å²) in [6.07, 6.45) is 0.891. The molecule has 136 valence electrons. The molecule has 1 aliphatic rings. The molecule has 3 rings (SSSR count). The van der Waals surface area contributed by atoms with Crippen molar-refractivity contribution in [1.82, 2.24) is 5.32 Å². The quantitative estimate of drug-likeness (QED) is 0.897. The van der Waals surface area contributed by atoms with Gasteiger partial charge in [-0.25, -0.2) is 0 Å². The molecule has 0 radical (unpaired) electrons. The van der Waals surface area contributed by atoms with Crippen LogP contribution in [-0.2, 0) is 11.3 Å². The lowest BCUT2D eigenvalue weighted by Gasteiger charge is -2.29. The molecule has 0 aliphatic carbocycles. The Balaban J connectivity index is 1.76. The van der Waals surface area contributed by atoms with Crippen LogP contribution in [0, 0.1) is 6.92 Å². The van der Waals surface area contributed by atoms with E-state index in [4.69, 9.17) is 4.74 Å². The van der Waals surface area contributed by atoms with E-state index in [-0.39, 0.29) is 24.5 Å². The second kappa shape index (κ2) is 7.60. The summed E-state index contributed by atoms with van der Waals surface area (Å²) in [5.41, 5.74) is 3.45. The van der Waals surface area contributed by atoms with Gasteiger partial charge in [0.25, 0.3) is 11.8 Å². The summed E-state index contributed by atoms with van der Waals surface area (Å²) in [5.74, 6) is 0.579. The molecule has 0 fully saturated rings. The summed E-state index contributed by atoms with van der Waals surface area (Å²) in [4.78, 5) is 26.3. The Morgan fingerprint density at radius 1 is 1.23 bits per heavy atom. The van der Waals surface area contributed by atoms with Gasteiger partial charge in [0, 0.05) is 11.6 Å². The molecular formula is C21H24N2O3. The van der Waals surface area contributed by atoms with Gasteiger partial charge >= 0.3 is 0 Å². The molecule has 0 bridgehead atoms. The Kier molecular flexibility index (Phi) is 5.26. The molecule has 0 aromatic heterocycles. The Hall–Kier alpha value is -2.82. The lowest BCUT2D eigenvalue weighted by molar-refractivity contribution is -0.121. The van der Waals surface area contributed by atoms with E-state index in [1.165, 1.54) is 0 Å². The summed E-state index contributed by atoms with van der Waals surface area (Å²) < 4.78 is 5.51. The first-order chi connectivity index (χ1) is 12.5. The van der Waals surface area contributed by atoms with Gasteiger partial charge in [-0.1, -0.05) is 25.1 Å². The first-order valence-corrected chi connectivity index (χ1v) is 8.91. The van der Waals surface area contributed by atoms with E-state index in [2.05, 4.69) is 5.32 Å². The highest BCUT2D eigenvalue weighted by molar-refractivity contribution is 5.98. The van der Waals surface area contributed by atoms with E-state index >= 15 is 0 Å². The summed E-state index contributed by atoms with van der Waals surface area (Å²) in [6, 6.07) is 13.4. The van der Waals surface area contributed by atoms with Gasteiger partial charge in [-0.2, -0.15) is 0 Å². The zero-order chi connectivity index (χ0) is 18.7. The molecule has 0 saturated carbocycles. The molecule has 0 saturated heterocycles. The summed E-state index contributed by atoms with van der Waals surface area (Å²) in [6.45, 7) is 6.50. The molecule has 2 aromatic carbocycles. The van der Waals surface area contributed by atoms with Crippen LogP contribution >= 0.6 is 0 Å². The third-order valence-electron chi connectivity index (χ3n) is 4.60. The summed E-state index contributed by atoms with van der Waals surface area (Å²) in [5, 5.41) is 2.95.